The summed E-state index contributed by atoms with van der Waals surface area (Å²) in [6.07, 6.45) is -5.98. The van der Waals surface area contributed by atoms with Crippen LogP contribution in [0.25, 0.3) is 11.1 Å². The summed E-state index contributed by atoms with van der Waals surface area (Å²) in [5, 5.41) is -0.490. The summed E-state index contributed by atoms with van der Waals surface area (Å²) in [6, 6.07) is 10.1. The molecule has 2 rings (SSSR count). The van der Waals surface area contributed by atoms with Crippen LogP contribution in [0.15, 0.2) is 36.4 Å². The minimum atomic E-state index is -4.78. The van der Waals surface area contributed by atoms with Crippen LogP contribution < -0.4 is 0 Å². The molecule has 0 saturated heterocycles. The molecule has 31 heavy (non-hydrogen) atoms. The van der Waals surface area contributed by atoms with Crippen molar-refractivity contribution >= 4 is 23.5 Å². The number of carbonyl (C=O) groups is 2. The standard InChI is InChI=1S/C23H25ClF3NO3/c1-5-20(30)31-14(3)21-18(13-28(6-2)15(4)29)17(16-10-8-7-9-11-16)12-19(24)22(21)23(25,26)27/h7-12,14H,5-6,13H2,1-4H3. The fraction of sp³-hybridized carbons (Fsp3) is 0.391. The first-order valence-electron chi connectivity index (χ1n) is 9.94. The van der Waals surface area contributed by atoms with Crippen molar-refractivity contribution < 1.29 is 27.5 Å². The van der Waals surface area contributed by atoms with Crippen molar-refractivity contribution in [2.24, 2.45) is 0 Å². The maximum Gasteiger partial charge on any atom is 0.418 e. The smallest absolute Gasteiger partial charge is 0.418 e. The Morgan fingerprint density at radius 1 is 1.16 bits per heavy atom. The Hall–Kier alpha value is -2.54. The predicted molar refractivity (Wildman–Crippen MR) is 113 cm³/mol. The molecule has 2 aromatic carbocycles. The second-order valence-electron chi connectivity index (χ2n) is 7.06. The molecule has 0 spiro atoms. The number of rotatable bonds is 7. The number of amides is 1. The van der Waals surface area contributed by atoms with Gasteiger partial charge in [0.2, 0.25) is 5.91 Å². The van der Waals surface area contributed by atoms with Gasteiger partial charge in [-0.15, -0.1) is 0 Å². The van der Waals surface area contributed by atoms with Crippen LogP contribution in [0.4, 0.5) is 13.2 Å². The third kappa shape index (κ3) is 5.79. The molecule has 0 radical (unpaired) electrons. The van der Waals surface area contributed by atoms with Crippen molar-refractivity contribution in [3.8, 4) is 11.1 Å². The Balaban J connectivity index is 2.89. The third-order valence-corrected chi connectivity index (χ3v) is 5.28. The largest absolute Gasteiger partial charge is 0.458 e. The fourth-order valence-electron chi connectivity index (χ4n) is 3.47. The molecule has 0 aliphatic rings. The first-order chi connectivity index (χ1) is 14.5. The number of ether oxygens (including phenoxy) is 1. The summed E-state index contributed by atoms with van der Waals surface area (Å²) in [5.74, 6) is -0.916. The topological polar surface area (TPSA) is 46.6 Å². The molecule has 4 nitrogen and oxygen atoms in total. The fourth-order valence-corrected chi connectivity index (χ4v) is 3.79. The number of hydrogen-bond acceptors (Lipinski definition) is 3. The number of hydrogen-bond donors (Lipinski definition) is 0. The molecule has 0 aliphatic heterocycles. The van der Waals surface area contributed by atoms with E-state index in [0.29, 0.717) is 17.7 Å². The van der Waals surface area contributed by atoms with E-state index in [1.807, 2.05) is 0 Å². The molecule has 0 bridgehead atoms. The van der Waals surface area contributed by atoms with Crippen molar-refractivity contribution in [2.45, 2.75) is 52.9 Å². The lowest BCUT2D eigenvalue weighted by atomic mass is 9.88. The first kappa shape index (κ1) is 24.7. The average Bonchev–Trinajstić information content (AvgIpc) is 2.71. The van der Waals surface area contributed by atoms with Gasteiger partial charge in [0.15, 0.2) is 0 Å². The van der Waals surface area contributed by atoms with Gasteiger partial charge in [0.25, 0.3) is 0 Å². The van der Waals surface area contributed by atoms with E-state index in [9.17, 15) is 22.8 Å². The maximum atomic E-state index is 14.1. The molecule has 0 saturated carbocycles. The number of esters is 1. The minimum Gasteiger partial charge on any atom is -0.458 e. The van der Waals surface area contributed by atoms with Gasteiger partial charge in [0, 0.05) is 32.0 Å². The molecule has 8 heteroatoms. The summed E-state index contributed by atoms with van der Waals surface area (Å²) < 4.78 is 47.5. The van der Waals surface area contributed by atoms with Crippen molar-refractivity contribution in [3.05, 3.63) is 58.1 Å². The highest BCUT2D eigenvalue weighted by atomic mass is 35.5. The summed E-state index contributed by atoms with van der Waals surface area (Å²) >= 11 is 6.15. The van der Waals surface area contributed by atoms with Gasteiger partial charge in [-0.25, -0.2) is 0 Å². The summed E-state index contributed by atoms with van der Waals surface area (Å²) in [7, 11) is 0. The molecule has 1 unspecified atom stereocenters. The third-order valence-electron chi connectivity index (χ3n) is 4.98. The predicted octanol–water partition coefficient (Wildman–Crippen LogP) is 6.41. The summed E-state index contributed by atoms with van der Waals surface area (Å²) in [5.41, 5.74) is 0.0484. The molecule has 0 heterocycles. The Bertz CT molecular complexity index is 945. The first-order valence-corrected chi connectivity index (χ1v) is 10.3. The van der Waals surface area contributed by atoms with Crippen molar-refractivity contribution in [1.82, 2.24) is 4.90 Å². The lowest BCUT2D eigenvalue weighted by molar-refractivity contribution is -0.151. The molecule has 1 atom stereocenters. The molecular formula is C23H25ClF3NO3. The van der Waals surface area contributed by atoms with Gasteiger partial charge in [-0.1, -0.05) is 48.9 Å². The van der Waals surface area contributed by atoms with E-state index in [1.165, 1.54) is 24.8 Å². The number of benzene rings is 2. The van der Waals surface area contributed by atoms with E-state index in [2.05, 4.69) is 0 Å². The molecule has 0 fully saturated rings. The molecule has 2 aromatic rings. The van der Waals surface area contributed by atoms with Crippen LogP contribution in [0.2, 0.25) is 5.02 Å². The number of halogens is 4. The Kier molecular flexibility index (Phi) is 8.12. The highest BCUT2D eigenvalue weighted by Crippen LogP contribution is 2.45. The second-order valence-corrected chi connectivity index (χ2v) is 7.46. The zero-order chi connectivity index (χ0) is 23.3. The van der Waals surface area contributed by atoms with Crippen LogP contribution in [0, 0.1) is 0 Å². The van der Waals surface area contributed by atoms with Crippen LogP contribution in [0.1, 0.15) is 56.9 Å². The van der Waals surface area contributed by atoms with Crippen LogP contribution >= 0.6 is 11.6 Å². The average molecular weight is 456 g/mol. The van der Waals surface area contributed by atoms with Gasteiger partial charge in [-0.3, -0.25) is 9.59 Å². The Labute approximate surface area is 184 Å². The molecule has 168 valence electrons. The van der Waals surface area contributed by atoms with Crippen LogP contribution in [-0.2, 0) is 27.0 Å². The van der Waals surface area contributed by atoms with E-state index in [1.54, 1.807) is 44.2 Å². The number of nitrogens with zero attached hydrogens (tertiary/aromatic N) is 1. The van der Waals surface area contributed by atoms with Gasteiger partial charge in [0.1, 0.15) is 6.10 Å². The lowest BCUT2D eigenvalue weighted by Gasteiger charge is -2.29. The SMILES string of the molecule is CCC(=O)OC(C)c1c(CN(CC)C(C)=O)c(-c2ccccc2)cc(Cl)c1C(F)(F)F. The number of alkyl halides is 3. The van der Waals surface area contributed by atoms with Gasteiger partial charge in [0.05, 0.1) is 10.6 Å². The monoisotopic (exact) mass is 455 g/mol. The quantitative estimate of drug-likeness (QED) is 0.453. The summed E-state index contributed by atoms with van der Waals surface area (Å²) in [6.45, 7) is 6.26. The lowest BCUT2D eigenvalue weighted by Crippen LogP contribution is -2.30. The van der Waals surface area contributed by atoms with Crippen molar-refractivity contribution in [2.75, 3.05) is 6.54 Å². The zero-order valence-electron chi connectivity index (χ0n) is 17.8. The van der Waals surface area contributed by atoms with E-state index in [0.717, 1.165) is 0 Å². The van der Waals surface area contributed by atoms with Gasteiger partial charge in [-0.05, 0) is 36.6 Å². The Morgan fingerprint density at radius 2 is 1.77 bits per heavy atom. The van der Waals surface area contributed by atoms with Crippen LogP contribution in [0.5, 0.6) is 0 Å². The van der Waals surface area contributed by atoms with Gasteiger partial charge >= 0.3 is 12.1 Å². The van der Waals surface area contributed by atoms with E-state index in [-0.39, 0.29) is 30.0 Å². The maximum absolute atomic E-state index is 14.1. The van der Waals surface area contributed by atoms with Crippen LogP contribution in [-0.4, -0.2) is 23.3 Å². The molecule has 0 aliphatic carbocycles. The molecular weight excluding hydrogens is 431 g/mol. The Morgan fingerprint density at radius 3 is 2.26 bits per heavy atom. The van der Waals surface area contributed by atoms with E-state index >= 15 is 0 Å². The highest BCUT2D eigenvalue weighted by molar-refractivity contribution is 6.32. The minimum absolute atomic E-state index is 0.0155. The van der Waals surface area contributed by atoms with E-state index in [4.69, 9.17) is 16.3 Å². The molecule has 0 N–H and O–H groups in total. The van der Waals surface area contributed by atoms with E-state index < -0.39 is 28.8 Å². The van der Waals surface area contributed by atoms with Gasteiger partial charge < -0.3 is 9.64 Å². The zero-order valence-corrected chi connectivity index (χ0v) is 18.6. The van der Waals surface area contributed by atoms with Crippen molar-refractivity contribution in [3.63, 3.8) is 0 Å². The normalized spacial score (nSPS) is 12.4. The molecule has 1 amide bonds. The van der Waals surface area contributed by atoms with Crippen molar-refractivity contribution in [1.29, 1.82) is 0 Å². The molecule has 0 aromatic heterocycles. The second kappa shape index (κ2) is 10.2. The highest BCUT2D eigenvalue weighted by Gasteiger charge is 2.40. The van der Waals surface area contributed by atoms with Gasteiger partial charge in [-0.2, -0.15) is 13.2 Å². The van der Waals surface area contributed by atoms with Crippen LogP contribution in [0.3, 0.4) is 0 Å². The summed E-state index contributed by atoms with van der Waals surface area (Å²) in [4.78, 5) is 25.4. The number of carbonyl (C=O) groups excluding carboxylic acids is 2.